The van der Waals surface area contributed by atoms with Gasteiger partial charge in [0.25, 0.3) is 11.5 Å². The van der Waals surface area contributed by atoms with E-state index in [9.17, 15) is 9.59 Å². The van der Waals surface area contributed by atoms with Gasteiger partial charge >= 0.3 is 0 Å². The Morgan fingerprint density at radius 1 is 1.14 bits per heavy atom. The molecule has 0 spiro atoms. The number of carbonyl (C=O) groups is 1. The summed E-state index contributed by atoms with van der Waals surface area (Å²) in [6.45, 7) is 0. The lowest BCUT2D eigenvalue weighted by Gasteiger charge is -2.08. The average Bonchev–Trinajstić information content (AvgIpc) is 2.50. The van der Waals surface area contributed by atoms with Gasteiger partial charge in [-0.1, -0.05) is 24.3 Å². The molecule has 21 heavy (non-hydrogen) atoms. The minimum atomic E-state index is -0.377. The number of rotatable bonds is 2. The fourth-order valence-corrected chi connectivity index (χ4v) is 1.99. The predicted molar refractivity (Wildman–Crippen MR) is 79.0 cm³/mol. The maximum Gasteiger partial charge on any atom is 0.264 e. The molecule has 0 saturated heterocycles. The molecule has 0 fully saturated rings. The predicted octanol–water partition coefficient (Wildman–Crippen LogP) is 1.15. The van der Waals surface area contributed by atoms with Crippen LogP contribution in [0.4, 0.5) is 11.6 Å². The van der Waals surface area contributed by atoms with E-state index in [-0.39, 0.29) is 17.3 Å². The lowest BCUT2D eigenvalue weighted by Crippen LogP contribution is -2.16. The minimum Gasteiger partial charge on any atom is -0.383 e. The van der Waals surface area contributed by atoms with E-state index in [2.05, 4.69) is 20.5 Å². The van der Waals surface area contributed by atoms with Crippen molar-refractivity contribution in [3.63, 3.8) is 0 Å². The SMILES string of the molecule is Nc1ncc(C(=O)Nc2ccc(=O)[nH]n2)c2ccccc12. The molecule has 2 aromatic heterocycles. The number of hydrogen-bond acceptors (Lipinski definition) is 5. The third-order valence-electron chi connectivity index (χ3n) is 2.99. The summed E-state index contributed by atoms with van der Waals surface area (Å²) in [5.74, 6) is 0.239. The van der Waals surface area contributed by atoms with Crippen molar-refractivity contribution < 1.29 is 4.79 Å². The summed E-state index contributed by atoms with van der Waals surface area (Å²) < 4.78 is 0. The molecular formula is C14H11N5O2. The summed E-state index contributed by atoms with van der Waals surface area (Å²) in [6.07, 6.45) is 1.42. The molecule has 7 nitrogen and oxygen atoms in total. The summed E-state index contributed by atoms with van der Waals surface area (Å²) >= 11 is 0. The third-order valence-corrected chi connectivity index (χ3v) is 2.99. The summed E-state index contributed by atoms with van der Waals surface area (Å²) in [6, 6.07) is 9.93. The molecule has 2 heterocycles. The van der Waals surface area contributed by atoms with Gasteiger partial charge in [0.1, 0.15) is 5.82 Å². The molecule has 0 saturated carbocycles. The lowest BCUT2D eigenvalue weighted by molar-refractivity contribution is 0.102. The van der Waals surface area contributed by atoms with Crippen LogP contribution < -0.4 is 16.6 Å². The molecule has 0 aliphatic heterocycles. The lowest BCUT2D eigenvalue weighted by atomic mass is 10.1. The Labute approximate surface area is 118 Å². The van der Waals surface area contributed by atoms with Crippen molar-refractivity contribution in [3.8, 4) is 0 Å². The summed E-state index contributed by atoms with van der Waals surface area (Å²) in [4.78, 5) is 27.3. The Morgan fingerprint density at radius 3 is 2.62 bits per heavy atom. The molecule has 0 radical (unpaired) electrons. The van der Waals surface area contributed by atoms with Crippen molar-refractivity contribution in [1.29, 1.82) is 0 Å². The van der Waals surface area contributed by atoms with E-state index in [4.69, 9.17) is 5.73 Å². The second-order valence-electron chi connectivity index (χ2n) is 4.36. The number of benzene rings is 1. The molecule has 7 heteroatoms. The maximum absolute atomic E-state index is 12.3. The van der Waals surface area contributed by atoms with Crippen molar-refractivity contribution in [3.05, 3.63) is 58.5 Å². The Hall–Kier alpha value is -3.22. The van der Waals surface area contributed by atoms with Crippen LogP contribution in [-0.4, -0.2) is 21.1 Å². The quantitative estimate of drug-likeness (QED) is 0.652. The number of nitrogens with zero attached hydrogens (tertiary/aromatic N) is 2. The summed E-state index contributed by atoms with van der Waals surface area (Å²) in [7, 11) is 0. The number of aromatic amines is 1. The van der Waals surface area contributed by atoms with Crippen LogP contribution in [0.5, 0.6) is 0 Å². The highest BCUT2D eigenvalue weighted by Crippen LogP contribution is 2.22. The molecule has 0 atom stereocenters. The Balaban J connectivity index is 2.00. The molecule has 0 bridgehead atoms. The summed E-state index contributed by atoms with van der Waals surface area (Å²) in [5, 5.41) is 9.98. The monoisotopic (exact) mass is 281 g/mol. The van der Waals surface area contributed by atoms with Crippen LogP contribution in [0.3, 0.4) is 0 Å². The largest absolute Gasteiger partial charge is 0.383 e. The van der Waals surface area contributed by atoms with Crippen molar-refractivity contribution >= 4 is 28.3 Å². The zero-order chi connectivity index (χ0) is 14.8. The van der Waals surface area contributed by atoms with Crippen LogP contribution in [-0.2, 0) is 0 Å². The molecule has 1 amide bonds. The third kappa shape index (κ3) is 2.44. The van der Waals surface area contributed by atoms with E-state index >= 15 is 0 Å². The van der Waals surface area contributed by atoms with Crippen LogP contribution in [0.15, 0.2) is 47.4 Å². The van der Waals surface area contributed by atoms with Gasteiger partial charge in [-0.2, -0.15) is 5.10 Å². The van der Waals surface area contributed by atoms with Crippen LogP contribution in [0.1, 0.15) is 10.4 Å². The number of amides is 1. The Morgan fingerprint density at radius 2 is 1.90 bits per heavy atom. The number of carbonyl (C=O) groups excluding carboxylic acids is 1. The molecule has 1 aromatic carbocycles. The van der Waals surface area contributed by atoms with Crippen LogP contribution in [0.25, 0.3) is 10.8 Å². The first-order valence-electron chi connectivity index (χ1n) is 6.15. The number of fused-ring (bicyclic) bond motifs is 1. The van der Waals surface area contributed by atoms with E-state index in [1.165, 1.54) is 18.3 Å². The normalized spacial score (nSPS) is 10.5. The molecule has 3 aromatic rings. The zero-order valence-corrected chi connectivity index (χ0v) is 10.8. The van der Waals surface area contributed by atoms with Gasteiger partial charge in [-0.15, -0.1) is 0 Å². The highest BCUT2D eigenvalue weighted by molar-refractivity contribution is 6.13. The first kappa shape index (κ1) is 12.8. The highest BCUT2D eigenvalue weighted by Gasteiger charge is 2.13. The van der Waals surface area contributed by atoms with E-state index in [1.54, 1.807) is 12.1 Å². The second-order valence-corrected chi connectivity index (χ2v) is 4.36. The number of hydrogen-bond donors (Lipinski definition) is 3. The fourth-order valence-electron chi connectivity index (χ4n) is 1.99. The standard InChI is InChI=1S/C14H11N5O2/c15-13-9-4-2-1-3-8(9)10(7-16-13)14(21)17-11-5-6-12(20)19-18-11/h1-7H,(H2,15,16)(H,19,20)(H,17,18,21). The van der Waals surface area contributed by atoms with E-state index in [0.29, 0.717) is 22.2 Å². The zero-order valence-electron chi connectivity index (χ0n) is 10.8. The maximum atomic E-state index is 12.3. The number of nitrogen functional groups attached to an aromatic ring is 1. The molecule has 3 rings (SSSR count). The number of anilines is 2. The number of nitrogens with two attached hydrogens (primary N) is 1. The molecule has 4 N–H and O–H groups in total. The topological polar surface area (TPSA) is 114 Å². The molecule has 104 valence electrons. The number of nitrogens with one attached hydrogen (secondary N) is 2. The van der Waals surface area contributed by atoms with Gasteiger partial charge < -0.3 is 11.1 Å². The average molecular weight is 281 g/mol. The van der Waals surface area contributed by atoms with E-state index < -0.39 is 0 Å². The van der Waals surface area contributed by atoms with Crippen molar-refractivity contribution in [1.82, 2.24) is 15.2 Å². The smallest absolute Gasteiger partial charge is 0.264 e. The molecule has 0 aliphatic carbocycles. The van der Waals surface area contributed by atoms with Gasteiger partial charge in [-0.25, -0.2) is 10.1 Å². The first-order chi connectivity index (χ1) is 10.1. The molecule has 0 unspecified atom stereocenters. The molecule has 0 aliphatic rings. The van der Waals surface area contributed by atoms with Crippen molar-refractivity contribution in [2.45, 2.75) is 0 Å². The Kier molecular flexibility index (Phi) is 3.07. The van der Waals surface area contributed by atoms with Crippen molar-refractivity contribution in [2.75, 3.05) is 11.1 Å². The second kappa shape index (κ2) is 5.04. The number of pyridine rings is 1. The van der Waals surface area contributed by atoms with E-state index in [0.717, 1.165) is 0 Å². The van der Waals surface area contributed by atoms with Gasteiger partial charge in [0.05, 0.1) is 5.56 Å². The van der Waals surface area contributed by atoms with Crippen molar-refractivity contribution in [2.24, 2.45) is 0 Å². The van der Waals surface area contributed by atoms with Gasteiger partial charge in [0.15, 0.2) is 5.82 Å². The fraction of sp³-hybridized carbons (Fsp3) is 0. The van der Waals surface area contributed by atoms with E-state index in [1.807, 2.05) is 12.1 Å². The molecular weight excluding hydrogens is 270 g/mol. The van der Waals surface area contributed by atoms with Crippen LogP contribution >= 0.6 is 0 Å². The van der Waals surface area contributed by atoms with Crippen LogP contribution in [0.2, 0.25) is 0 Å². The number of aromatic nitrogens is 3. The summed E-state index contributed by atoms with van der Waals surface area (Å²) in [5.41, 5.74) is 5.84. The van der Waals surface area contributed by atoms with Gasteiger partial charge in [0.2, 0.25) is 0 Å². The highest BCUT2D eigenvalue weighted by atomic mass is 16.2. The van der Waals surface area contributed by atoms with Crippen LogP contribution in [0, 0.1) is 0 Å². The minimum absolute atomic E-state index is 0.250. The van der Waals surface area contributed by atoms with Gasteiger partial charge in [0, 0.05) is 17.6 Å². The Bertz CT molecular complexity index is 867. The first-order valence-corrected chi connectivity index (χ1v) is 6.15. The van der Waals surface area contributed by atoms with Gasteiger partial charge in [-0.3, -0.25) is 9.59 Å². The van der Waals surface area contributed by atoms with Gasteiger partial charge in [-0.05, 0) is 11.5 Å². The number of H-pyrrole nitrogens is 1.